The Morgan fingerprint density at radius 1 is 1.20 bits per heavy atom. The number of benzene rings is 1. The molecule has 2 aromatic heterocycles. The number of nitrogens with two attached hydrogens (primary N) is 1. The average Bonchev–Trinajstić information content (AvgIpc) is 3.01. The van der Waals surface area contributed by atoms with Gasteiger partial charge in [0.25, 0.3) is 0 Å². The molecule has 0 bridgehead atoms. The first-order valence-electron chi connectivity index (χ1n) is 6.86. The van der Waals surface area contributed by atoms with Gasteiger partial charge in [-0.25, -0.2) is 4.98 Å². The molecule has 0 spiro atoms. The number of fused-ring (bicyclic) bond motifs is 1. The molecule has 3 aromatic rings. The van der Waals surface area contributed by atoms with Crippen LogP contribution in [0.2, 0.25) is 0 Å². The summed E-state index contributed by atoms with van der Waals surface area (Å²) in [7, 11) is 0. The highest BCUT2D eigenvalue weighted by molar-refractivity contribution is 5.92. The minimum absolute atomic E-state index is 0.322. The van der Waals surface area contributed by atoms with E-state index in [1.165, 1.54) is 10.9 Å². The normalized spacial score (nSPS) is 21.1. The number of para-hydroxylation sites is 1. The predicted octanol–water partition coefficient (Wildman–Crippen LogP) is 3.12. The van der Waals surface area contributed by atoms with Gasteiger partial charge < -0.3 is 16.0 Å². The Balaban J connectivity index is 1.60. The lowest BCUT2D eigenvalue weighted by Gasteiger charge is -2.07. The fourth-order valence-electron chi connectivity index (χ4n) is 2.62. The molecule has 0 radical (unpaired) electrons. The van der Waals surface area contributed by atoms with E-state index >= 15 is 0 Å². The van der Waals surface area contributed by atoms with E-state index in [1.54, 1.807) is 0 Å². The lowest BCUT2D eigenvalue weighted by Crippen LogP contribution is -2.01. The molecule has 1 aliphatic carbocycles. The van der Waals surface area contributed by atoms with Gasteiger partial charge in [-0.05, 0) is 30.2 Å². The van der Waals surface area contributed by atoms with Crippen molar-refractivity contribution in [2.75, 3.05) is 5.32 Å². The number of H-pyrrole nitrogens is 1. The third-order valence-corrected chi connectivity index (χ3v) is 3.90. The first-order chi connectivity index (χ1) is 9.81. The smallest absolute Gasteiger partial charge is 0.130 e. The quantitative estimate of drug-likeness (QED) is 0.681. The van der Waals surface area contributed by atoms with E-state index in [-0.39, 0.29) is 0 Å². The monoisotopic (exact) mass is 264 g/mol. The van der Waals surface area contributed by atoms with Crippen molar-refractivity contribution in [3.63, 3.8) is 0 Å². The maximum atomic E-state index is 5.86. The van der Waals surface area contributed by atoms with Crippen LogP contribution < -0.4 is 11.1 Å². The second-order valence-corrected chi connectivity index (χ2v) is 5.36. The Morgan fingerprint density at radius 3 is 2.85 bits per heavy atom. The SMILES string of the molecule is N[C@H]1C[C@@H]1c1ccc(Nc2cccc3cc[nH]c23)nc1. The number of anilines is 2. The summed E-state index contributed by atoms with van der Waals surface area (Å²) in [5.41, 5.74) is 9.24. The highest BCUT2D eigenvalue weighted by Gasteiger charge is 2.34. The van der Waals surface area contributed by atoms with Gasteiger partial charge in [-0.2, -0.15) is 0 Å². The van der Waals surface area contributed by atoms with E-state index < -0.39 is 0 Å². The highest BCUT2D eigenvalue weighted by Crippen LogP contribution is 2.38. The lowest BCUT2D eigenvalue weighted by molar-refractivity contribution is 0.981. The zero-order valence-electron chi connectivity index (χ0n) is 11.0. The Bertz CT molecular complexity index is 745. The van der Waals surface area contributed by atoms with Crippen molar-refractivity contribution in [3.8, 4) is 0 Å². The van der Waals surface area contributed by atoms with Gasteiger partial charge in [0.15, 0.2) is 0 Å². The van der Waals surface area contributed by atoms with Crippen LogP contribution in [-0.2, 0) is 0 Å². The van der Waals surface area contributed by atoms with Crippen LogP contribution in [0.5, 0.6) is 0 Å². The molecular weight excluding hydrogens is 248 g/mol. The molecule has 100 valence electrons. The summed E-state index contributed by atoms with van der Waals surface area (Å²) >= 11 is 0. The third kappa shape index (κ3) is 1.94. The Morgan fingerprint density at radius 2 is 2.10 bits per heavy atom. The minimum atomic E-state index is 0.322. The van der Waals surface area contributed by atoms with Crippen molar-refractivity contribution in [2.45, 2.75) is 18.4 Å². The molecule has 20 heavy (non-hydrogen) atoms. The average molecular weight is 264 g/mol. The number of hydrogen-bond acceptors (Lipinski definition) is 3. The fraction of sp³-hybridized carbons (Fsp3) is 0.188. The van der Waals surface area contributed by atoms with E-state index in [4.69, 9.17) is 5.73 Å². The van der Waals surface area contributed by atoms with Crippen molar-refractivity contribution < 1.29 is 0 Å². The van der Waals surface area contributed by atoms with Crippen LogP contribution in [-0.4, -0.2) is 16.0 Å². The highest BCUT2D eigenvalue weighted by atomic mass is 15.0. The maximum Gasteiger partial charge on any atom is 0.130 e. The van der Waals surface area contributed by atoms with Crippen LogP contribution in [0, 0.1) is 0 Å². The van der Waals surface area contributed by atoms with Gasteiger partial charge in [0.05, 0.1) is 11.2 Å². The summed E-state index contributed by atoms with van der Waals surface area (Å²) in [4.78, 5) is 7.73. The number of aromatic amines is 1. The predicted molar refractivity (Wildman–Crippen MR) is 81.2 cm³/mol. The molecule has 2 heterocycles. The molecule has 4 nitrogen and oxygen atoms in total. The van der Waals surface area contributed by atoms with E-state index in [0.29, 0.717) is 12.0 Å². The second kappa shape index (κ2) is 4.35. The van der Waals surface area contributed by atoms with Crippen LogP contribution in [0.4, 0.5) is 11.5 Å². The van der Waals surface area contributed by atoms with Gasteiger partial charge in [0, 0.05) is 29.7 Å². The summed E-state index contributed by atoms with van der Waals surface area (Å²) in [5, 5.41) is 4.55. The number of pyridine rings is 1. The molecule has 0 saturated heterocycles. The van der Waals surface area contributed by atoms with Crippen molar-refractivity contribution in [2.24, 2.45) is 5.73 Å². The van der Waals surface area contributed by atoms with Crippen molar-refractivity contribution in [1.82, 2.24) is 9.97 Å². The maximum absolute atomic E-state index is 5.86. The van der Waals surface area contributed by atoms with Gasteiger partial charge >= 0.3 is 0 Å². The third-order valence-electron chi connectivity index (χ3n) is 3.90. The van der Waals surface area contributed by atoms with E-state index in [0.717, 1.165) is 23.4 Å². The molecule has 0 aliphatic heterocycles. The molecule has 2 atom stereocenters. The van der Waals surface area contributed by atoms with Crippen LogP contribution in [0.1, 0.15) is 17.9 Å². The molecule has 4 heteroatoms. The van der Waals surface area contributed by atoms with Crippen LogP contribution in [0.15, 0.2) is 48.8 Å². The molecule has 1 aromatic carbocycles. The van der Waals surface area contributed by atoms with Gasteiger partial charge in [-0.15, -0.1) is 0 Å². The molecule has 1 saturated carbocycles. The number of nitrogens with zero attached hydrogens (tertiary/aromatic N) is 1. The first-order valence-corrected chi connectivity index (χ1v) is 6.86. The zero-order chi connectivity index (χ0) is 13.5. The summed E-state index contributed by atoms with van der Waals surface area (Å²) in [6.45, 7) is 0. The fourth-order valence-corrected chi connectivity index (χ4v) is 2.62. The Labute approximate surface area is 117 Å². The van der Waals surface area contributed by atoms with Gasteiger partial charge in [0.2, 0.25) is 0 Å². The molecule has 1 aliphatic rings. The van der Waals surface area contributed by atoms with Gasteiger partial charge in [-0.3, -0.25) is 0 Å². The standard InChI is InChI=1S/C16H16N4/c17-13-8-12(13)11-4-5-15(19-9-11)20-14-3-1-2-10-6-7-18-16(10)14/h1-7,9,12-13,18H,8,17H2,(H,19,20)/t12-,13+/m1/s1. The van der Waals surface area contributed by atoms with Crippen LogP contribution >= 0.6 is 0 Å². The van der Waals surface area contributed by atoms with Crippen molar-refractivity contribution >= 4 is 22.4 Å². The van der Waals surface area contributed by atoms with E-state index in [1.807, 2.05) is 30.6 Å². The molecule has 1 fully saturated rings. The zero-order valence-corrected chi connectivity index (χ0v) is 11.0. The van der Waals surface area contributed by atoms with E-state index in [2.05, 4.69) is 33.5 Å². The van der Waals surface area contributed by atoms with Gasteiger partial charge in [0.1, 0.15) is 5.82 Å². The topological polar surface area (TPSA) is 66.7 Å². The first kappa shape index (κ1) is 11.5. The molecule has 0 amide bonds. The van der Waals surface area contributed by atoms with E-state index in [9.17, 15) is 0 Å². The molecule has 4 rings (SSSR count). The Kier molecular flexibility index (Phi) is 2.50. The summed E-state index contributed by atoms with van der Waals surface area (Å²) < 4.78 is 0. The van der Waals surface area contributed by atoms with Gasteiger partial charge in [-0.1, -0.05) is 18.2 Å². The van der Waals surface area contributed by atoms with Crippen LogP contribution in [0.25, 0.3) is 10.9 Å². The molecule has 4 N–H and O–H groups in total. The molecular formula is C16H16N4. The lowest BCUT2D eigenvalue weighted by atomic mass is 10.2. The summed E-state index contributed by atoms with van der Waals surface area (Å²) in [6, 6.07) is 12.7. The largest absolute Gasteiger partial charge is 0.359 e. The number of aromatic nitrogens is 2. The van der Waals surface area contributed by atoms with Crippen molar-refractivity contribution in [1.29, 1.82) is 0 Å². The summed E-state index contributed by atoms with van der Waals surface area (Å²) in [5.74, 6) is 1.36. The Hall–Kier alpha value is -2.33. The van der Waals surface area contributed by atoms with Crippen LogP contribution in [0.3, 0.4) is 0 Å². The minimum Gasteiger partial charge on any atom is -0.359 e. The molecule has 0 unspecified atom stereocenters. The summed E-state index contributed by atoms with van der Waals surface area (Å²) in [6.07, 6.45) is 4.95. The number of nitrogens with one attached hydrogen (secondary N) is 2. The number of hydrogen-bond donors (Lipinski definition) is 3. The second-order valence-electron chi connectivity index (χ2n) is 5.36. The van der Waals surface area contributed by atoms with Crippen molar-refractivity contribution in [3.05, 3.63) is 54.4 Å². The number of rotatable bonds is 3.